The molecule has 0 atom stereocenters. The third-order valence-electron chi connectivity index (χ3n) is 0. The standard InChI is InChI=1S/3Cs.H3O4P/c;;;1-5(2,3)4/h;;;(H3,1,2,3,4)/q3*+1;/p-3. The summed E-state index contributed by atoms with van der Waals surface area (Å²) in [6, 6.07) is 0. The SMILES string of the molecule is O=P([O-])([O-])[O-].[Cs+].[Cs+].[Cs+]. The first-order chi connectivity index (χ1) is 2.00. The molecule has 0 saturated heterocycles. The van der Waals surface area contributed by atoms with E-state index in [1.807, 2.05) is 0 Å². The molecule has 0 heterocycles. The van der Waals surface area contributed by atoms with Gasteiger partial charge in [-0.1, -0.05) is 0 Å². The van der Waals surface area contributed by atoms with E-state index >= 15 is 0 Å². The van der Waals surface area contributed by atoms with Crippen LogP contribution in [0, 0.1) is 0 Å². The molecule has 0 amide bonds. The Bertz CT molecular complexity index is 57.4. The van der Waals surface area contributed by atoms with Crippen LogP contribution in [0.3, 0.4) is 0 Å². The molecule has 0 aliphatic rings. The van der Waals surface area contributed by atoms with Crippen LogP contribution >= 0.6 is 7.82 Å². The molecule has 0 radical (unpaired) electrons. The van der Waals surface area contributed by atoms with Crippen molar-refractivity contribution in [3.05, 3.63) is 0 Å². The van der Waals surface area contributed by atoms with Crippen molar-refractivity contribution in [1.82, 2.24) is 0 Å². The zero-order chi connectivity index (χ0) is 4.50. The van der Waals surface area contributed by atoms with Gasteiger partial charge < -0.3 is 19.2 Å². The second-order valence-electron chi connectivity index (χ2n) is 0.447. The predicted octanol–water partition coefficient (Wildman–Crippen LogP) is -11.8. The molecule has 0 unspecified atom stereocenters. The first-order valence-corrected chi connectivity index (χ1v) is 2.19. The van der Waals surface area contributed by atoms with Gasteiger partial charge in [-0.25, -0.2) is 0 Å². The Kier molecular flexibility index (Phi) is 39.5. The zero-order valence-corrected chi connectivity index (χ0v) is 24.8. The van der Waals surface area contributed by atoms with E-state index < -0.39 is 7.82 Å². The van der Waals surface area contributed by atoms with E-state index in [2.05, 4.69) is 0 Å². The smallest absolute Gasteiger partial charge is 0.822 e. The Hall–Kier alpha value is 6.27. The zero-order valence-electron chi connectivity index (χ0n) is 5.08. The van der Waals surface area contributed by atoms with Crippen molar-refractivity contribution in [1.29, 1.82) is 0 Å². The van der Waals surface area contributed by atoms with Gasteiger partial charge in [-0.05, 0) is 0 Å². The summed E-state index contributed by atoms with van der Waals surface area (Å²) in [6.45, 7) is 0. The van der Waals surface area contributed by atoms with Gasteiger partial charge >= 0.3 is 207 Å². The van der Waals surface area contributed by atoms with Gasteiger partial charge in [0.25, 0.3) is 0 Å². The van der Waals surface area contributed by atoms with Crippen LogP contribution in [0.4, 0.5) is 0 Å². The Morgan fingerprint density at radius 2 is 0.875 bits per heavy atom. The van der Waals surface area contributed by atoms with Crippen molar-refractivity contribution in [2.24, 2.45) is 0 Å². The fourth-order valence-corrected chi connectivity index (χ4v) is 0. The van der Waals surface area contributed by atoms with Gasteiger partial charge in [0.1, 0.15) is 0 Å². The van der Waals surface area contributed by atoms with Gasteiger partial charge in [0.05, 0.1) is 0 Å². The summed E-state index contributed by atoms with van der Waals surface area (Å²) in [6.07, 6.45) is 0. The molecule has 0 aliphatic carbocycles. The maximum absolute atomic E-state index is 8.55. The van der Waals surface area contributed by atoms with Crippen molar-refractivity contribution in [2.75, 3.05) is 0 Å². The van der Waals surface area contributed by atoms with Crippen molar-refractivity contribution < 1.29 is 226 Å². The van der Waals surface area contributed by atoms with E-state index in [9.17, 15) is 0 Å². The third kappa shape index (κ3) is 39.7. The summed E-state index contributed by atoms with van der Waals surface area (Å²) in [7, 11) is -5.39. The van der Waals surface area contributed by atoms with Crippen LogP contribution in [0.25, 0.3) is 0 Å². The second kappa shape index (κ2) is 13.3. The first kappa shape index (κ1) is 23.8. The Morgan fingerprint density at radius 1 is 0.875 bits per heavy atom. The van der Waals surface area contributed by atoms with Gasteiger partial charge in [-0.15, -0.1) is 0 Å². The maximum Gasteiger partial charge on any atom is 1.00 e. The topological polar surface area (TPSA) is 86.2 Å². The number of hydrogen-bond donors (Lipinski definition) is 0. The normalized spacial score (nSPS) is 7.38. The Morgan fingerprint density at radius 3 is 0.875 bits per heavy atom. The summed E-state index contributed by atoms with van der Waals surface area (Å²) < 4.78 is 8.55. The average Bonchev–Trinajstić information content (AvgIpc) is 0.722. The summed E-state index contributed by atoms with van der Waals surface area (Å²) in [4.78, 5) is 25.6. The molecule has 0 saturated carbocycles. The van der Waals surface area contributed by atoms with Crippen LogP contribution in [0.1, 0.15) is 0 Å². The molecule has 32 valence electrons. The summed E-state index contributed by atoms with van der Waals surface area (Å²) in [5.74, 6) is 0. The van der Waals surface area contributed by atoms with Crippen LogP contribution in [-0.4, -0.2) is 0 Å². The Labute approximate surface area is 224 Å². The molecule has 0 spiro atoms. The number of rotatable bonds is 0. The van der Waals surface area contributed by atoms with E-state index in [0.717, 1.165) is 0 Å². The molecular weight excluding hydrogens is 494 g/mol. The molecule has 4 nitrogen and oxygen atoms in total. The molecule has 0 aromatic carbocycles. The van der Waals surface area contributed by atoms with Gasteiger partial charge in [-0.2, -0.15) is 7.82 Å². The number of phosphoric acid groups is 1. The summed E-state index contributed by atoms with van der Waals surface area (Å²) in [5.41, 5.74) is 0. The minimum absolute atomic E-state index is 0. The molecule has 0 aromatic heterocycles. The van der Waals surface area contributed by atoms with Crippen LogP contribution in [0.5, 0.6) is 0 Å². The quantitative estimate of drug-likeness (QED) is 0.314. The second-order valence-corrected chi connectivity index (χ2v) is 1.34. The van der Waals surface area contributed by atoms with Crippen molar-refractivity contribution in [2.45, 2.75) is 0 Å². The van der Waals surface area contributed by atoms with Gasteiger partial charge in [0.2, 0.25) is 0 Å². The van der Waals surface area contributed by atoms with Crippen molar-refractivity contribution >= 4 is 7.82 Å². The van der Waals surface area contributed by atoms with Crippen molar-refractivity contribution in [3.8, 4) is 0 Å². The fraction of sp³-hybridized carbons (Fsp3) is 0. The van der Waals surface area contributed by atoms with E-state index in [4.69, 9.17) is 19.2 Å². The molecule has 0 aromatic rings. The molecular formula is Cs3O4P. The summed E-state index contributed by atoms with van der Waals surface area (Å²) >= 11 is 0. The molecule has 8 heteroatoms. The summed E-state index contributed by atoms with van der Waals surface area (Å²) in [5, 5.41) is 0. The molecule has 0 bridgehead atoms. The molecule has 0 N–H and O–H groups in total. The minimum Gasteiger partial charge on any atom is -0.822 e. The largest absolute Gasteiger partial charge is 1.00 e. The average molecular weight is 494 g/mol. The molecule has 0 aliphatic heterocycles. The van der Waals surface area contributed by atoms with E-state index in [1.165, 1.54) is 0 Å². The number of hydrogen-bond acceptors (Lipinski definition) is 4. The van der Waals surface area contributed by atoms with Crippen LogP contribution < -0.4 is 221 Å². The fourth-order valence-electron chi connectivity index (χ4n) is 0. The molecule has 0 rings (SSSR count). The third-order valence-corrected chi connectivity index (χ3v) is 0. The van der Waals surface area contributed by atoms with Crippen molar-refractivity contribution in [3.63, 3.8) is 0 Å². The van der Waals surface area contributed by atoms with E-state index in [0.29, 0.717) is 0 Å². The van der Waals surface area contributed by atoms with Gasteiger partial charge in [0, 0.05) is 0 Å². The maximum atomic E-state index is 8.55. The van der Waals surface area contributed by atoms with Crippen LogP contribution in [0.2, 0.25) is 0 Å². The predicted molar refractivity (Wildman–Crippen MR) is 7.61 cm³/mol. The Balaban J connectivity index is -0.0000000267. The van der Waals surface area contributed by atoms with Crippen LogP contribution in [0.15, 0.2) is 0 Å². The van der Waals surface area contributed by atoms with E-state index in [-0.39, 0.29) is 207 Å². The first-order valence-electron chi connectivity index (χ1n) is 0.730. The van der Waals surface area contributed by atoms with Crippen LogP contribution in [-0.2, 0) is 4.57 Å². The minimum atomic E-state index is -5.39. The molecule has 8 heavy (non-hydrogen) atoms. The van der Waals surface area contributed by atoms with E-state index in [1.54, 1.807) is 0 Å². The monoisotopic (exact) mass is 494 g/mol. The molecule has 0 fully saturated rings. The van der Waals surface area contributed by atoms with Gasteiger partial charge in [0.15, 0.2) is 0 Å². The van der Waals surface area contributed by atoms with Gasteiger partial charge in [-0.3, -0.25) is 0 Å².